The van der Waals surface area contributed by atoms with E-state index in [-0.39, 0.29) is 16.7 Å². The molecule has 1 saturated heterocycles. The van der Waals surface area contributed by atoms with Crippen molar-refractivity contribution in [1.29, 1.82) is 0 Å². The maximum absolute atomic E-state index is 13.0. The Bertz CT molecular complexity index is 1380. The van der Waals surface area contributed by atoms with Gasteiger partial charge in [-0.15, -0.1) is 0 Å². The first kappa shape index (κ1) is 22.6. The molecule has 0 atom stereocenters. The van der Waals surface area contributed by atoms with Crippen molar-refractivity contribution in [1.82, 2.24) is 4.31 Å². The summed E-state index contributed by atoms with van der Waals surface area (Å²) >= 11 is 0. The molecule has 1 fully saturated rings. The second-order valence-electron chi connectivity index (χ2n) is 8.71. The van der Waals surface area contributed by atoms with Crippen molar-refractivity contribution in [3.05, 3.63) is 65.7 Å². The first-order valence-electron chi connectivity index (χ1n) is 11.7. The average molecular weight is 478 g/mol. The molecule has 176 valence electrons. The van der Waals surface area contributed by atoms with Crippen molar-refractivity contribution in [3.8, 4) is 0 Å². The van der Waals surface area contributed by atoms with Gasteiger partial charge in [-0.05, 0) is 62.2 Å². The predicted octanol–water partition coefficient (Wildman–Crippen LogP) is 4.64. The summed E-state index contributed by atoms with van der Waals surface area (Å²) in [5, 5.41) is 4.57. The molecule has 3 aromatic rings. The minimum Gasteiger partial charge on any atom is -0.321 e. The summed E-state index contributed by atoms with van der Waals surface area (Å²) < 4.78 is 27.5. The molecule has 0 radical (unpaired) electrons. The van der Waals surface area contributed by atoms with Crippen molar-refractivity contribution in [2.45, 2.75) is 37.5 Å². The van der Waals surface area contributed by atoms with Crippen LogP contribution in [0.15, 0.2) is 59.5 Å². The zero-order chi connectivity index (χ0) is 23.9. The molecule has 0 unspecified atom stereocenters. The Morgan fingerprint density at radius 3 is 2.32 bits per heavy atom. The van der Waals surface area contributed by atoms with Crippen LogP contribution in [-0.2, 0) is 10.0 Å². The number of benzene rings is 3. The van der Waals surface area contributed by atoms with E-state index in [9.17, 15) is 18.0 Å². The molecular weight excluding hydrogens is 450 g/mol. The molecule has 0 spiro atoms. The molecule has 0 bridgehead atoms. The van der Waals surface area contributed by atoms with Crippen molar-refractivity contribution < 1.29 is 18.0 Å². The van der Waals surface area contributed by atoms with Crippen LogP contribution in [0.1, 0.15) is 53.3 Å². The molecule has 7 nitrogen and oxygen atoms in total. The third kappa shape index (κ3) is 3.76. The van der Waals surface area contributed by atoms with Gasteiger partial charge in [0.2, 0.25) is 10.0 Å². The van der Waals surface area contributed by atoms with Gasteiger partial charge in [-0.2, -0.15) is 4.31 Å². The van der Waals surface area contributed by atoms with E-state index in [1.54, 1.807) is 33.5 Å². The number of amides is 2. The Morgan fingerprint density at radius 1 is 0.941 bits per heavy atom. The number of nitrogens with zero attached hydrogens (tertiary/aromatic N) is 2. The normalized spacial score (nSPS) is 16.6. The van der Waals surface area contributed by atoms with E-state index in [1.165, 1.54) is 12.1 Å². The molecule has 1 N–H and O–H groups in total. The van der Waals surface area contributed by atoms with Crippen LogP contribution in [0.4, 0.5) is 11.4 Å². The van der Waals surface area contributed by atoms with Crippen LogP contribution in [0.5, 0.6) is 0 Å². The molecule has 8 heteroatoms. The fourth-order valence-corrected chi connectivity index (χ4v) is 6.39. The summed E-state index contributed by atoms with van der Waals surface area (Å²) in [6.07, 6.45) is 3.84. The maximum Gasteiger partial charge on any atom is 0.258 e. The zero-order valence-electron chi connectivity index (χ0n) is 19.1. The molecule has 34 heavy (non-hydrogen) atoms. The molecule has 2 amide bonds. The number of carbonyl (C=O) groups is 2. The molecular formula is C26H27N3O4S. The van der Waals surface area contributed by atoms with Crippen molar-refractivity contribution in [3.63, 3.8) is 0 Å². The van der Waals surface area contributed by atoms with Gasteiger partial charge in [-0.3, -0.25) is 9.59 Å². The van der Waals surface area contributed by atoms with E-state index < -0.39 is 10.0 Å². The van der Waals surface area contributed by atoms with Gasteiger partial charge in [0, 0.05) is 47.2 Å². The lowest BCUT2D eigenvalue weighted by Gasteiger charge is -2.20. The van der Waals surface area contributed by atoms with E-state index in [0.29, 0.717) is 36.4 Å². The quantitative estimate of drug-likeness (QED) is 0.580. The lowest BCUT2D eigenvalue weighted by Crippen LogP contribution is -2.31. The van der Waals surface area contributed by atoms with Gasteiger partial charge in [0.15, 0.2) is 0 Å². The highest BCUT2D eigenvalue weighted by atomic mass is 32.2. The van der Waals surface area contributed by atoms with Crippen LogP contribution in [0.25, 0.3) is 10.8 Å². The second kappa shape index (κ2) is 8.85. The Kier molecular flexibility index (Phi) is 5.87. The number of nitrogens with one attached hydrogen (secondary N) is 1. The largest absolute Gasteiger partial charge is 0.321 e. The molecule has 3 aromatic carbocycles. The third-order valence-corrected chi connectivity index (χ3v) is 8.58. The number of anilines is 2. The smallest absolute Gasteiger partial charge is 0.258 e. The van der Waals surface area contributed by atoms with Gasteiger partial charge in [-0.25, -0.2) is 8.42 Å². The SMILES string of the molecule is CCN1C(=O)c2cccc3c(NC(=O)c4ccc(S(=O)(=O)N5CCCCCC5)cc4)ccc1c23. The number of sulfonamides is 1. The van der Waals surface area contributed by atoms with Gasteiger partial charge in [0.25, 0.3) is 11.8 Å². The van der Waals surface area contributed by atoms with Crippen LogP contribution in [0.2, 0.25) is 0 Å². The van der Waals surface area contributed by atoms with E-state index in [4.69, 9.17) is 0 Å². The molecule has 2 heterocycles. The van der Waals surface area contributed by atoms with Crippen LogP contribution in [0.3, 0.4) is 0 Å². The van der Waals surface area contributed by atoms with Crippen LogP contribution in [-0.4, -0.2) is 44.2 Å². The summed E-state index contributed by atoms with van der Waals surface area (Å²) in [5.41, 5.74) is 2.45. The summed E-state index contributed by atoms with van der Waals surface area (Å²) in [6, 6.07) is 15.3. The molecule has 0 aromatic heterocycles. The lowest BCUT2D eigenvalue weighted by molar-refractivity contribution is 0.0992. The predicted molar refractivity (Wildman–Crippen MR) is 133 cm³/mol. The van der Waals surface area contributed by atoms with Gasteiger partial charge < -0.3 is 10.2 Å². The number of rotatable bonds is 5. The number of hydrogen-bond donors (Lipinski definition) is 1. The zero-order valence-corrected chi connectivity index (χ0v) is 19.9. The summed E-state index contributed by atoms with van der Waals surface area (Å²) in [6.45, 7) is 3.57. The summed E-state index contributed by atoms with van der Waals surface area (Å²) in [4.78, 5) is 27.6. The molecule has 2 aliphatic rings. The molecule has 0 saturated carbocycles. The van der Waals surface area contributed by atoms with Gasteiger partial charge in [0.1, 0.15) is 0 Å². The van der Waals surface area contributed by atoms with E-state index in [0.717, 1.165) is 42.1 Å². The van der Waals surface area contributed by atoms with E-state index >= 15 is 0 Å². The molecule has 5 rings (SSSR count). The van der Waals surface area contributed by atoms with Gasteiger partial charge >= 0.3 is 0 Å². The molecule has 0 aliphatic carbocycles. The Labute approximate surface area is 199 Å². The Balaban J connectivity index is 1.40. The van der Waals surface area contributed by atoms with Crippen molar-refractivity contribution >= 4 is 44.0 Å². The lowest BCUT2D eigenvalue weighted by atomic mass is 10.0. The first-order valence-corrected chi connectivity index (χ1v) is 13.1. The third-order valence-electron chi connectivity index (χ3n) is 6.67. The fraction of sp³-hybridized carbons (Fsp3) is 0.308. The first-order chi connectivity index (χ1) is 16.4. The summed E-state index contributed by atoms with van der Waals surface area (Å²) in [5.74, 6) is -0.371. The van der Waals surface area contributed by atoms with Crippen LogP contribution < -0.4 is 10.2 Å². The Morgan fingerprint density at radius 2 is 1.65 bits per heavy atom. The maximum atomic E-state index is 13.0. The van der Waals surface area contributed by atoms with E-state index in [2.05, 4.69) is 5.32 Å². The minimum atomic E-state index is -3.57. The highest BCUT2D eigenvalue weighted by Gasteiger charge is 2.29. The summed E-state index contributed by atoms with van der Waals surface area (Å²) in [7, 11) is -3.57. The monoisotopic (exact) mass is 477 g/mol. The van der Waals surface area contributed by atoms with Gasteiger partial charge in [0.05, 0.1) is 10.6 Å². The minimum absolute atomic E-state index is 0.0345. The highest BCUT2D eigenvalue weighted by Crippen LogP contribution is 2.40. The number of hydrogen-bond acceptors (Lipinski definition) is 4. The number of carbonyl (C=O) groups excluding carboxylic acids is 2. The fourth-order valence-electron chi connectivity index (χ4n) is 4.87. The topological polar surface area (TPSA) is 86.8 Å². The van der Waals surface area contributed by atoms with Crippen molar-refractivity contribution in [2.75, 3.05) is 29.9 Å². The average Bonchev–Trinajstić information content (AvgIpc) is 3.01. The second-order valence-corrected chi connectivity index (χ2v) is 10.6. The molecule has 2 aliphatic heterocycles. The van der Waals surface area contributed by atoms with Crippen LogP contribution in [0, 0.1) is 0 Å². The standard InChI is InChI=1S/C26H27N3O4S/c1-2-29-23-15-14-22(20-8-7-9-21(24(20)23)26(29)31)27-25(30)18-10-12-19(13-11-18)34(32,33)28-16-5-3-4-6-17-28/h7-15H,2-6,16-17H2,1H3,(H,27,30). The van der Waals surface area contributed by atoms with Crippen LogP contribution >= 0.6 is 0 Å². The van der Waals surface area contributed by atoms with E-state index in [1.807, 2.05) is 25.1 Å². The van der Waals surface area contributed by atoms with Crippen molar-refractivity contribution in [2.24, 2.45) is 0 Å². The highest BCUT2D eigenvalue weighted by molar-refractivity contribution is 7.89. The van der Waals surface area contributed by atoms with Gasteiger partial charge in [-0.1, -0.05) is 25.0 Å². The Hall–Kier alpha value is -3.23.